The van der Waals surface area contributed by atoms with Crippen LogP contribution >= 0.6 is 0 Å². The molecule has 5 heteroatoms. The Morgan fingerprint density at radius 3 is 2.33 bits per heavy atom. The van der Waals surface area contributed by atoms with Crippen LogP contribution in [0.2, 0.25) is 0 Å². The van der Waals surface area contributed by atoms with Gasteiger partial charge in [-0.2, -0.15) is 0 Å². The SMILES string of the molecule is CCN1CCN(CC(N)c2ccc(OC)cc2OC)CC1. The summed E-state index contributed by atoms with van der Waals surface area (Å²) < 4.78 is 10.7. The molecule has 0 radical (unpaired) electrons. The van der Waals surface area contributed by atoms with Gasteiger partial charge in [0.15, 0.2) is 0 Å². The van der Waals surface area contributed by atoms with E-state index < -0.39 is 0 Å². The number of hydrogen-bond acceptors (Lipinski definition) is 5. The van der Waals surface area contributed by atoms with E-state index in [1.165, 1.54) is 0 Å². The van der Waals surface area contributed by atoms with Crippen LogP contribution in [-0.4, -0.2) is 63.3 Å². The lowest BCUT2D eigenvalue weighted by Crippen LogP contribution is -2.48. The molecular formula is C16H27N3O2. The van der Waals surface area contributed by atoms with E-state index in [0.717, 1.165) is 56.3 Å². The van der Waals surface area contributed by atoms with Gasteiger partial charge in [-0.15, -0.1) is 0 Å². The van der Waals surface area contributed by atoms with Crippen LogP contribution in [0.15, 0.2) is 18.2 Å². The van der Waals surface area contributed by atoms with E-state index in [4.69, 9.17) is 15.2 Å². The van der Waals surface area contributed by atoms with Gasteiger partial charge in [0.2, 0.25) is 0 Å². The molecule has 0 bridgehead atoms. The molecule has 0 saturated carbocycles. The van der Waals surface area contributed by atoms with Gasteiger partial charge in [0, 0.05) is 50.4 Å². The summed E-state index contributed by atoms with van der Waals surface area (Å²) >= 11 is 0. The first kappa shape index (κ1) is 16.1. The minimum Gasteiger partial charge on any atom is -0.497 e. The van der Waals surface area contributed by atoms with Crippen molar-refractivity contribution in [1.29, 1.82) is 0 Å². The number of piperazine rings is 1. The third-order valence-corrected chi connectivity index (χ3v) is 4.21. The summed E-state index contributed by atoms with van der Waals surface area (Å²) in [7, 11) is 3.33. The summed E-state index contributed by atoms with van der Waals surface area (Å²) in [6, 6.07) is 5.79. The minimum atomic E-state index is -0.0426. The van der Waals surface area contributed by atoms with E-state index in [9.17, 15) is 0 Å². The Bertz CT molecular complexity index is 445. The Morgan fingerprint density at radius 2 is 1.76 bits per heavy atom. The third-order valence-electron chi connectivity index (χ3n) is 4.21. The molecule has 1 atom stereocenters. The first-order valence-electron chi connectivity index (χ1n) is 7.60. The van der Waals surface area contributed by atoms with E-state index >= 15 is 0 Å². The summed E-state index contributed by atoms with van der Waals surface area (Å²) in [6.45, 7) is 8.63. The fourth-order valence-corrected chi connectivity index (χ4v) is 2.79. The number of ether oxygens (including phenoxy) is 2. The Hall–Kier alpha value is -1.30. The van der Waals surface area contributed by atoms with Crippen molar-refractivity contribution in [2.75, 3.05) is 53.5 Å². The molecule has 0 aliphatic carbocycles. The summed E-state index contributed by atoms with van der Waals surface area (Å²) in [6.07, 6.45) is 0. The minimum absolute atomic E-state index is 0.0426. The van der Waals surface area contributed by atoms with Gasteiger partial charge in [-0.3, -0.25) is 4.90 Å². The zero-order chi connectivity index (χ0) is 15.2. The van der Waals surface area contributed by atoms with Gasteiger partial charge >= 0.3 is 0 Å². The molecule has 1 saturated heterocycles. The molecule has 1 heterocycles. The predicted molar refractivity (Wildman–Crippen MR) is 85.0 cm³/mol. The van der Waals surface area contributed by atoms with Crippen molar-refractivity contribution in [2.24, 2.45) is 5.73 Å². The van der Waals surface area contributed by atoms with Gasteiger partial charge in [0.25, 0.3) is 0 Å². The molecule has 5 nitrogen and oxygen atoms in total. The van der Waals surface area contributed by atoms with Gasteiger partial charge in [-0.25, -0.2) is 0 Å². The molecule has 1 aliphatic heterocycles. The predicted octanol–water partition coefficient (Wildman–Crippen LogP) is 1.34. The fraction of sp³-hybridized carbons (Fsp3) is 0.625. The normalized spacial score (nSPS) is 18.5. The molecule has 0 amide bonds. The maximum atomic E-state index is 6.38. The number of likely N-dealkylation sites (N-methyl/N-ethyl adjacent to an activating group) is 1. The Morgan fingerprint density at radius 1 is 1.10 bits per heavy atom. The lowest BCUT2D eigenvalue weighted by molar-refractivity contribution is 0.131. The standard InChI is InChI=1S/C16H27N3O2/c1-4-18-7-9-19(10-8-18)12-15(17)14-6-5-13(20-2)11-16(14)21-3/h5-6,11,15H,4,7-10,12,17H2,1-3H3. The molecule has 1 aromatic rings. The molecule has 118 valence electrons. The van der Waals surface area contributed by atoms with Crippen LogP contribution in [0.5, 0.6) is 11.5 Å². The average molecular weight is 293 g/mol. The highest BCUT2D eigenvalue weighted by atomic mass is 16.5. The van der Waals surface area contributed by atoms with Crippen molar-refractivity contribution in [3.8, 4) is 11.5 Å². The maximum Gasteiger partial charge on any atom is 0.127 e. The van der Waals surface area contributed by atoms with Gasteiger partial charge < -0.3 is 20.1 Å². The largest absolute Gasteiger partial charge is 0.497 e. The molecular weight excluding hydrogens is 266 g/mol. The molecule has 1 aliphatic rings. The van der Waals surface area contributed by atoms with Crippen molar-refractivity contribution < 1.29 is 9.47 Å². The van der Waals surface area contributed by atoms with Crippen molar-refractivity contribution in [2.45, 2.75) is 13.0 Å². The number of benzene rings is 1. The second-order valence-electron chi connectivity index (χ2n) is 5.45. The molecule has 21 heavy (non-hydrogen) atoms. The smallest absolute Gasteiger partial charge is 0.127 e. The lowest BCUT2D eigenvalue weighted by Gasteiger charge is -2.35. The third kappa shape index (κ3) is 4.09. The van der Waals surface area contributed by atoms with Crippen molar-refractivity contribution in [3.63, 3.8) is 0 Å². The topological polar surface area (TPSA) is 51.0 Å². The summed E-state index contributed by atoms with van der Waals surface area (Å²) in [5.74, 6) is 1.59. The van der Waals surface area contributed by atoms with Crippen LogP contribution in [0.1, 0.15) is 18.5 Å². The highest BCUT2D eigenvalue weighted by Gasteiger charge is 2.20. The molecule has 0 aromatic heterocycles. The van der Waals surface area contributed by atoms with Crippen LogP contribution in [0.4, 0.5) is 0 Å². The molecule has 2 rings (SSSR count). The van der Waals surface area contributed by atoms with Crippen LogP contribution in [0.25, 0.3) is 0 Å². The van der Waals surface area contributed by atoms with Gasteiger partial charge in [-0.1, -0.05) is 13.0 Å². The van der Waals surface area contributed by atoms with Crippen molar-refractivity contribution in [1.82, 2.24) is 9.80 Å². The van der Waals surface area contributed by atoms with E-state index in [-0.39, 0.29) is 6.04 Å². The second kappa shape index (κ2) is 7.64. The van der Waals surface area contributed by atoms with Gasteiger partial charge in [0.1, 0.15) is 11.5 Å². The summed E-state index contributed by atoms with van der Waals surface area (Å²) in [5, 5.41) is 0. The Kier molecular flexibility index (Phi) is 5.85. The number of nitrogens with two attached hydrogens (primary N) is 1. The van der Waals surface area contributed by atoms with Crippen LogP contribution in [0.3, 0.4) is 0 Å². The first-order valence-corrected chi connectivity index (χ1v) is 7.60. The molecule has 0 spiro atoms. The Labute approximate surface area is 127 Å². The fourth-order valence-electron chi connectivity index (χ4n) is 2.79. The average Bonchev–Trinajstić information content (AvgIpc) is 2.54. The molecule has 1 aromatic carbocycles. The van der Waals surface area contributed by atoms with E-state index in [1.807, 2.05) is 18.2 Å². The second-order valence-corrected chi connectivity index (χ2v) is 5.45. The van der Waals surface area contributed by atoms with Gasteiger partial charge in [0.05, 0.1) is 14.2 Å². The number of rotatable bonds is 6. The van der Waals surface area contributed by atoms with E-state index in [1.54, 1.807) is 14.2 Å². The number of hydrogen-bond donors (Lipinski definition) is 1. The molecule has 1 fully saturated rings. The zero-order valence-electron chi connectivity index (χ0n) is 13.3. The first-order chi connectivity index (χ1) is 10.2. The molecule has 1 unspecified atom stereocenters. The zero-order valence-corrected chi connectivity index (χ0v) is 13.3. The highest BCUT2D eigenvalue weighted by Crippen LogP contribution is 2.29. The van der Waals surface area contributed by atoms with E-state index in [0.29, 0.717) is 0 Å². The molecule has 2 N–H and O–H groups in total. The van der Waals surface area contributed by atoms with Crippen LogP contribution in [0, 0.1) is 0 Å². The van der Waals surface area contributed by atoms with Crippen LogP contribution in [-0.2, 0) is 0 Å². The number of methoxy groups -OCH3 is 2. The van der Waals surface area contributed by atoms with Crippen molar-refractivity contribution >= 4 is 0 Å². The summed E-state index contributed by atoms with van der Waals surface area (Å²) in [5.41, 5.74) is 7.42. The quantitative estimate of drug-likeness (QED) is 0.858. The van der Waals surface area contributed by atoms with Crippen molar-refractivity contribution in [3.05, 3.63) is 23.8 Å². The lowest BCUT2D eigenvalue weighted by atomic mass is 10.1. The highest BCUT2D eigenvalue weighted by molar-refractivity contribution is 5.42. The maximum absolute atomic E-state index is 6.38. The number of nitrogens with zero attached hydrogens (tertiary/aromatic N) is 2. The Balaban J connectivity index is 1.98. The van der Waals surface area contributed by atoms with Crippen LogP contribution < -0.4 is 15.2 Å². The monoisotopic (exact) mass is 293 g/mol. The summed E-state index contributed by atoms with van der Waals surface area (Å²) in [4.78, 5) is 4.90. The van der Waals surface area contributed by atoms with Gasteiger partial charge in [-0.05, 0) is 12.6 Å². The van der Waals surface area contributed by atoms with E-state index in [2.05, 4.69) is 16.7 Å².